The molecule has 1 heterocycles. The number of anilines is 2. The van der Waals surface area contributed by atoms with Crippen molar-refractivity contribution in [3.8, 4) is 0 Å². The summed E-state index contributed by atoms with van der Waals surface area (Å²) in [5.74, 6) is -0.404. The molecule has 1 saturated heterocycles. The molecule has 110 valence electrons. The molecule has 2 rings (SSSR count). The second-order valence-corrected chi connectivity index (χ2v) is 5.71. The summed E-state index contributed by atoms with van der Waals surface area (Å²) < 4.78 is 13.9. The highest BCUT2D eigenvalue weighted by atomic mass is 19.1. The first-order chi connectivity index (χ1) is 9.29. The SMILES string of the molecule is CC(C)(N)C(=O)N1CCN(c2ccc(N)cc2F)CC1. The number of amides is 1. The van der Waals surface area contributed by atoms with Crippen molar-refractivity contribution in [3.05, 3.63) is 24.0 Å². The molecule has 0 bridgehead atoms. The Hall–Kier alpha value is -1.82. The third-order valence-corrected chi connectivity index (χ3v) is 3.43. The van der Waals surface area contributed by atoms with E-state index in [1.807, 2.05) is 4.90 Å². The maximum absolute atomic E-state index is 13.9. The molecule has 1 aliphatic heterocycles. The number of halogens is 1. The zero-order valence-corrected chi connectivity index (χ0v) is 11.9. The molecular weight excluding hydrogens is 259 g/mol. The van der Waals surface area contributed by atoms with Crippen LogP contribution in [0.1, 0.15) is 13.8 Å². The van der Waals surface area contributed by atoms with Gasteiger partial charge in [-0.15, -0.1) is 0 Å². The fourth-order valence-corrected chi connectivity index (χ4v) is 2.34. The van der Waals surface area contributed by atoms with Crippen LogP contribution >= 0.6 is 0 Å². The largest absolute Gasteiger partial charge is 0.399 e. The van der Waals surface area contributed by atoms with Crippen molar-refractivity contribution in [3.63, 3.8) is 0 Å². The molecule has 6 heteroatoms. The maximum atomic E-state index is 13.9. The molecule has 0 aliphatic carbocycles. The lowest BCUT2D eigenvalue weighted by atomic mass is 10.0. The second-order valence-electron chi connectivity index (χ2n) is 5.71. The van der Waals surface area contributed by atoms with E-state index in [0.29, 0.717) is 37.6 Å². The molecule has 1 fully saturated rings. The maximum Gasteiger partial charge on any atom is 0.242 e. The average Bonchev–Trinajstić information content (AvgIpc) is 2.37. The number of hydrogen-bond donors (Lipinski definition) is 2. The minimum Gasteiger partial charge on any atom is -0.399 e. The summed E-state index contributed by atoms with van der Waals surface area (Å²) >= 11 is 0. The lowest BCUT2D eigenvalue weighted by molar-refractivity contribution is -0.136. The van der Waals surface area contributed by atoms with Crippen LogP contribution in [-0.4, -0.2) is 42.5 Å². The molecule has 1 amide bonds. The average molecular weight is 280 g/mol. The van der Waals surface area contributed by atoms with Gasteiger partial charge in [0.15, 0.2) is 0 Å². The number of carbonyl (C=O) groups excluding carboxylic acids is 1. The van der Waals surface area contributed by atoms with Crippen molar-refractivity contribution in [1.29, 1.82) is 0 Å². The highest BCUT2D eigenvalue weighted by Crippen LogP contribution is 2.23. The first-order valence-corrected chi connectivity index (χ1v) is 6.67. The molecule has 1 aliphatic rings. The molecule has 1 aromatic carbocycles. The smallest absolute Gasteiger partial charge is 0.242 e. The fourth-order valence-electron chi connectivity index (χ4n) is 2.34. The van der Waals surface area contributed by atoms with Crippen molar-refractivity contribution >= 4 is 17.3 Å². The molecule has 20 heavy (non-hydrogen) atoms. The minimum atomic E-state index is -0.866. The van der Waals surface area contributed by atoms with E-state index in [0.717, 1.165) is 0 Å². The van der Waals surface area contributed by atoms with E-state index in [4.69, 9.17) is 11.5 Å². The summed E-state index contributed by atoms with van der Waals surface area (Å²) in [6.45, 7) is 5.65. The zero-order chi connectivity index (χ0) is 14.9. The summed E-state index contributed by atoms with van der Waals surface area (Å²) in [5.41, 5.74) is 11.4. The number of nitrogen functional groups attached to an aromatic ring is 1. The van der Waals surface area contributed by atoms with E-state index in [9.17, 15) is 9.18 Å². The van der Waals surface area contributed by atoms with Gasteiger partial charge in [-0.2, -0.15) is 0 Å². The number of nitrogens with zero attached hydrogens (tertiary/aromatic N) is 2. The Bertz CT molecular complexity index is 504. The van der Waals surface area contributed by atoms with Crippen LogP contribution in [0, 0.1) is 5.82 Å². The lowest BCUT2D eigenvalue weighted by Gasteiger charge is -2.38. The van der Waals surface area contributed by atoms with Gasteiger partial charge in [-0.25, -0.2) is 4.39 Å². The normalized spacial score (nSPS) is 16.4. The lowest BCUT2D eigenvalue weighted by Crippen LogP contribution is -2.57. The standard InChI is InChI=1S/C14H21FN4O/c1-14(2,17)13(20)19-7-5-18(6-8-19)12-4-3-10(16)9-11(12)15/h3-4,9H,5-8,16-17H2,1-2H3. The fraction of sp³-hybridized carbons (Fsp3) is 0.500. The van der Waals surface area contributed by atoms with Gasteiger partial charge < -0.3 is 21.3 Å². The van der Waals surface area contributed by atoms with E-state index < -0.39 is 5.54 Å². The van der Waals surface area contributed by atoms with Crippen LogP contribution in [0.5, 0.6) is 0 Å². The Balaban J connectivity index is 2.03. The molecule has 4 N–H and O–H groups in total. The monoisotopic (exact) mass is 280 g/mol. The van der Waals surface area contributed by atoms with Crippen LogP contribution in [0.15, 0.2) is 18.2 Å². The zero-order valence-electron chi connectivity index (χ0n) is 11.9. The van der Waals surface area contributed by atoms with Crippen LogP contribution in [0.3, 0.4) is 0 Å². The van der Waals surface area contributed by atoms with Crippen LogP contribution in [-0.2, 0) is 4.79 Å². The Morgan fingerprint density at radius 1 is 1.25 bits per heavy atom. The van der Waals surface area contributed by atoms with Gasteiger partial charge in [0.25, 0.3) is 0 Å². The number of nitrogens with two attached hydrogens (primary N) is 2. The Morgan fingerprint density at radius 2 is 1.85 bits per heavy atom. The number of carbonyl (C=O) groups is 1. The van der Waals surface area contributed by atoms with Crippen molar-refractivity contribution in [1.82, 2.24) is 4.90 Å². The van der Waals surface area contributed by atoms with Crippen molar-refractivity contribution in [2.24, 2.45) is 5.73 Å². The first-order valence-electron chi connectivity index (χ1n) is 6.67. The molecule has 0 atom stereocenters. The Kier molecular flexibility index (Phi) is 3.85. The van der Waals surface area contributed by atoms with E-state index in [-0.39, 0.29) is 11.7 Å². The number of piperazine rings is 1. The molecule has 0 aromatic heterocycles. The van der Waals surface area contributed by atoms with Gasteiger partial charge in [0.1, 0.15) is 5.82 Å². The number of hydrogen-bond acceptors (Lipinski definition) is 4. The number of rotatable bonds is 2. The highest BCUT2D eigenvalue weighted by molar-refractivity contribution is 5.85. The van der Waals surface area contributed by atoms with Crippen LogP contribution in [0.2, 0.25) is 0 Å². The van der Waals surface area contributed by atoms with Gasteiger partial charge in [0.2, 0.25) is 5.91 Å². The third-order valence-electron chi connectivity index (χ3n) is 3.43. The summed E-state index contributed by atoms with van der Waals surface area (Å²) in [6, 6.07) is 4.67. The second kappa shape index (κ2) is 5.28. The molecule has 0 spiro atoms. The van der Waals surface area contributed by atoms with E-state index in [1.165, 1.54) is 6.07 Å². The van der Waals surface area contributed by atoms with Gasteiger partial charge in [-0.3, -0.25) is 4.79 Å². The van der Waals surface area contributed by atoms with Gasteiger partial charge in [0, 0.05) is 31.9 Å². The van der Waals surface area contributed by atoms with E-state index in [2.05, 4.69) is 0 Å². The van der Waals surface area contributed by atoms with Gasteiger partial charge in [-0.05, 0) is 32.0 Å². The summed E-state index contributed by atoms with van der Waals surface area (Å²) in [5, 5.41) is 0. The molecule has 0 radical (unpaired) electrons. The molecule has 1 aromatic rings. The minimum absolute atomic E-state index is 0.0741. The summed E-state index contributed by atoms with van der Waals surface area (Å²) in [4.78, 5) is 15.7. The van der Waals surface area contributed by atoms with Crippen LogP contribution in [0.25, 0.3) is 0 Å². The predicted octanol–water partition coefficient (Wildman–Crippen LogP) is 0.794. The van der Waals surface area contributed by atoms with Gasteiger partial charge in [-0.1, -0.05) is 0 Å². The highest BCUT2D eigenvalue weighted by Gasteiger charge is 2.30. The predicted molar refractivity (Wildman–Crippen MR) is 77.9 cm³/mol. The van der Waals surface area contributed by atoms with Gasteiger partial charge >= 0.3 is 0 Å². The van der Waals surface area contributed by atoms with E-state index in [1.54, 1.807) is 30.9 Å². The Morgan fingerprint density at radius 3 is 2.35 bits per heavy atom. The van der Waals surface area contributed by atoms with Crippen molar-refractivity contribution < 1.29 is 9.18 Å². The molecular formula is C14H21FN4O. The molecule has 0 saturated carbocycles. The number of benzene rings is 1. The van der Waals surface area contributed by atoms with Gasteiger partial charge in [0.05, 0.1) is 11.2 Å². The third kappa shape index (κ3) is 3.01. The van der Waals surface area contributed by atoms with Crippen LogP contribution in [0.4, 0.5) is 15.8 Å². The molecule has 5 nitrogen and oxygen atoms in total. The topological polar surface area (TPSA) is 75.6 Å². The molecule has 0 unspecified atom stereocenters. The van der Waals surface area contributed by atoms with Crippen molar-refractivity contribution in [2.75, 3.05) is 36.8 Å². The van der Waals surface area contributed by atoms with Crippen molar-refractivity contribution in [2.45, 2.75) is 19.4 Å². The van der Waals surface area contributed by atoms with Crippen LogP contribution < -0.4 is 16.4 Å². The first kappa shape index (κ1) is 14.6. The quantitative estimate of drug-likeness (QED) is 0.786. The summed E-state index contributed by atoms with van der Waals surface area (Å²) in [7, 11) is 0. The van der Waals surface area contributed by atoms with E-state index >= 15 is 0 Å². The summed E-state index contributed by atoms with van der Waals surface area (Å²) in [6.07, 6.45) is 0. The Labute approximate surface area is 118 Å².